The third-order valence-corrected chi connectivity index (χ3v) is 5.47. The molecule has 7 heteroatoms. The molecule has 0 unspecified atom stereocenters. The summed E-state index contributed by atoms with van der Waals surface area (Å²) in [5, 5.41) is 0. The SMILES string of the molecule is COc1ccc(O[C@@H]2C(=O)N(Cc3ccc4c(c3)OCO4)[C@H]2c2ccc(F)cc2)cc1. The summed E-state index contributed by atoms with van der Waals surface area (Å²) in [6.07, 6.45) is -0.701. The number of methoxy groups -OCH3 is 1. The van der Waals surface area contributed by atoms with Gasteiger partial charge in [0.05, 0.1) is 7.11 Å². The van der Waals surface area contributed by atoms with Crippen molar-refractivity contribution >= 4 is 5.91 Å². The first-order valence-corrected chi connectivity index (χ1v) is 9.87. The molecule has 0 saturated carbocycles. The second-order valence-corrected chi connectivity index (χ2v) is 7.36. The predicted octanol–water partition coefficient (Wildman–Crippen LogP) is 4.09. The molecule has 5 rings (SSSR count). The van der Waals surface area contributed by atoms with E-state index in [4.69, 9.17) is 18.9 Å². The highest BCUT2D eigenvalue weighted by Crippen LogP contribution is 2.40. The maximum atomic E-state index is 13.5. The summed E-state index contributed by atoms with van der Waals surface area (Å²) in [6.45, 7) is 0.567. The Kier molecular flexibility index (Phi) is 4.86. The lowest BCUT2D eigenvalue weighted by molar-refractivity contribution is -0.165. The van der Waals surface area contributed by atoms with Gasteiger partial charge in [-0.15, -0.1) is 0 Å². The Hall–Kier alpha value is -3.74. The standard InChI is InChI=1S/C24H20FNO5/c1-28-18-7-9-19(10-8-18)31-23-22(16-3-5-17(25)6-4-16)26(24(23)27)13-15-2-11-20-21(12-15)30-14-29-20/h2-12,22-23H,13-14H2,1H3/t22-,23-/m0/s1. The monoisotopic (exact) mass is 421 g/mol. The van der Waals surface area contributed by atoms with Gasteiger partial charge in [-0.2, -0.15) is 0 Å². The minimum absolute atomic E-state index is 0.136. The molecule has 0 spiro atoms. The lowest BCUT2D eigenvalue weighted by Gasteiger charge is -2.46. The van der Waals surface area contributed by atoms with Crippen molar-refractivity contribution in [2.75, 3.05) is 13.9 Å². The van der Waals surface area contributed by atoms with Gasteiger partial charge in [-0.3, -0.25) is 4.79 Å². The fraction of sp³-hybridized carbons (Fsp3) is 0.208. The maximum Gasteiger partial charge on any atom is 0.267 e. The molecule has 0 bridgehead atoms. The molecule has 2 heterocycles. The van der Waals surface area contributed by atoms with Gasteiger partial charge in [0.15, 0.2) is 11.5 Å². The topological polar surface area (TPSA) is 57.2 Å². The number of nitrogens with zero attached hydrogens (tertiary/aromatic N) is 1. The Balaban J connectivity index is 1.40. The molecule has 158 valence electrons. The number of β-lactam (4-membered cyclic amide) rings is 1. The second kappa shape index (κ2) is 7.83. The van der Waals surface area contributed by atoms with Crippen molar-refractivity contribution in [3.8, 4) is 23.0 Å². The Labute approximate surface area is 178 Å². The molecule has 3 aromatic rings. The zero-order valence-corrected chi connectivity index (χ0v) is 16.8. The average Bonchev–Trinajstić information content (AvgIpc) is 3.27. The minimum Gasteiger partial charge on any atom is -0.497 e. The number of rotatable bonds is 6. The first kappa shape index (κ1) is 19.2. The first-order chi connectivity index (χ1) is 15.1. The quantitative estimate of drug-likeness (QED) is 0.561. The third kappa shape index (κ3) is 3.63. The van der Waals surface area contributed by atoms with E-state index in [1.54, 1.807) is 48.4 Å². The van der Waals surface area contributed by atoms with Crippen molar-refractivity contribution in [1.29, 1.82) is 0 Å². The van der Waals surface area contributed by atoms with Crippen molar-refractivity contribution in [2.45, 2.75) is 18.7 Å². The van der Waals surface area contributed by atoms with Gasteiger partial charge in [0, 0.05) is 6.54 Å². The molecule has 3 aromatic carbocycles. The van der Waals surface area contributed by atoms with Crippen molar-refractivity contribution < 1.29 is 28.1 Å². The van der Waals surface area contributed by atoms with Crippen LogP contribution < -0.4 is 18.9 Å². The number of benzene rings is 3. The number of likely N-dealkylation sites (tertiary alicyclic amines) is 1. The number of amides is 1. The van der Waals surface area contributed by atoms with E-state index in [1.807, 2.05) is 18.2 Å². The number of hydrogen-bond donors (Lipinski definition) is 0. The fourth-order valence-corrected chi connectivity index (χ4v) is 3.86. The number of carbonyl (C=O) groups excluding carboxylic acids is 1. The highest BCUT2D eigenvalue weighted by Gasteiger charge is 2.50. The fourth-order valence-electron chi connectivity index (χ4n) is 3.86. The van der Waals surface area contributed by atoms with Gasteiger partial charge in [-0.05, 0) is 59.7 Å². The van der Waals surface area contributed by atoms with Crippen LogP contribution in [0.25, 0.3) is 0 Å². The molecule has 0 aromatic heterocycles. The Bertz CT molecular complexity index is 1100. The van der Waals surface area contributed by atoms with Crippen molar-refractivity contribution in [3.63, 3.8) is 0 Å². The number of fused-ring (bicyclic) bond motifs is 1. The summed E-state index contributed by atoms with van der Waals surface area (Å²) < 4.78 is 35.5. The van der Waals surface area contributed by atoms with Crippen LogP contribution in [0, 0.1) is 5.82 Å². The molecule has 1 saturated heterocycles. The van der Waals surface area contributed by atoms with Gasteiger partial charge < -0.3 is 23.8 Å². The highest BCUT2D eigenvalue weighted by atomic mass is 19.1. The van der Waals surface area contributed by atoms with E-state index < -0.39 is 6.10 Å². The molecule has 1 amide bonds. The second-order valence-electron chi connectivity index (χ2n) is 7.36. The van der Waals surface area contributed by atoms with Crippen LogP contribution in [0.5, 0.6) is 23.0 Å². The molecule has 2 aliphatic heterocycles. The lowest BCUT2D eigenvalue weighted by atomic mass is 9.89. The first-order valence-electron chi connectivity index (χ1n) is 9.87. The summed E-state index contributed by atoms with van der Waals surface area (Å²) in [7, 11) is 1.59. The molecule has 0 aliphatic carbocycles. The summed E-state index contributed by atoms with van der Waals surface area (Å²) in [6, 6.07) is 18.5. The molecule has 2 atom stereocenters. The van der Waals surface area contributed by atoms with Crippen LogP contribution >= 0.6 is 0 Å². The van der Waals surface area contributed by atoms with Crippen LogP contribution in [0.15, 0.2) is 66.7 Å². The smallest absolute Gasteiger partial charge is 0.267 e. The number of carbonyl (C=O) groups is 1. The molecule has 0 N–H and O–H groups in total. The van der Waals surface area contributed by atoms with E-state index in [-0.39, 0.29) is 24.6 Å². The van der Waals surface area contributed by atoms with Crippen LogP contribution in [-0.4, -0.2) is 30.8 Å². The summed E-state index contributed by atoms with van der Waals surface area (Å²) in [5.41, 5.74) is 1.72. The summed E-state index contributed by atoms with van der Waals surface area (Å²) in [5.74, 6) is 2.15. The van der Waals surface area contributed by atoms with E-state index in [0.29, 0.717) is 29.5 Å². The van der Waals surface area contributed by atoms with Crippen molar-refractivity contribution in [3.05, 3.63) is 83.7 Å². The third-order valence-electron chi connectivity index (χ3n) is 5.47. The average molecular weight is 421 g/mol. The molecule has 6 nitrogen and oxygen atoms in total. The maximum absolute atomic E-state index is 13.5. The van der Waals surface area contributed by atoms with Gasteiger partial charge in [0.2, 0.25) is 12.9 Å². The van der Waals surface area contributed by atoms with E-state index >= 15 is 0 Å². The molecule has 31 heavy (non-hydrogen) atoms. The van der Waals surface area contributed by atoms with Crippen LogP contribution in [0.2, 0.25) is 0 Å². The van der Waals surface area contributed by atoms with Gasteiger partial charge in [-0.25, -0.2) is 4.39 Å². The summed E-state index contributed by atoms with van der Waals surface area (Å²) in [4.78, 5) is 14.7. The number of halogens is 1. The predicted molar refractivity (Wildman–Crippen MR) is 110 cm³/mol. The Morgan fingerprint density at radius 2 is 1.68 bits per heavy atom. The normalized spacial score (nSPS) is 19.2. The molecule has 2 aliphatic rings. The molecule has 0 radical (unpaired) electrons. The zero-order chi connectivity index (χ0) is 21.4. The Morgan fingerprint density at radius 3 is 2.42 bits per heavy atom. The molecular formula is C24H20FNO5. The van der Waals surface area contributed by atoms with Gasteiger partial charge in [0.25, 0.3) is 5.91 Å². The van der Waals surface area contributed by atoms with E-state index in [9.17, 15) is 9.18 Å². The van der Waals surface area contributed by atoms with Gasteiger partial charge in [0.1, 0.15) is 23.4 Å². The number of hydrogen-bond acceptors (Lipinski definition) is 5. The molecule has 1 fully saturated rings. The Morgan fingerprint density at radius 1 is 0.968 bits per heavy atom. The molecular weight excluding hydrogens is 401 g/mol. The van der Waals surface area contributed by atoms with Gasteiger partial charge >= 0.3 is 0 Å². The lowest BCUT2D eigenvalue weighted by Crippen LogP contribution is -2.60. The van der Waals surface area contributed by atoms with E-state index in [1.165, 1.54) is 12.1 Å². The van der Waals surface area contributed by atoms with Crippen LogP contribution in [0.3, 0.4) is 0 Å². The van der Waals surface area contributed by atoms with Crippen molar-refractivity contribution in [1.82, 2.24) is 4.90 Å². The largest absolute Gasteiger partial charge is 0.497 e. The van der Waals surface area contributed by atoms with Crippen LogP contribution in [0.4, 0.5) is 4.39 Å². The summed E-state index contributed by atoms with van der Waals surface area (Å²) >= 11 is 0. The van der Waals surface area contributed by atoms with E-state index in [2.05, 4.69) is 0 Å². The highest BCUT2D eigenvalue weighted by molar-refractivity contribution is 5.89. The van der Waals surface area contributed by atoms with E-state index in [0.717, 1.165) is 11.1 Å². The number of ether oxygens (including phenoxy) is 4. The minimum atomic E-state index is -0.701. The van der Waals surface area contributed by atoms with Crippen molar-refractivity contribution in [2.24, 2.45) is 0 Å². The van der Waals surface area contributed by atoms with Gasteiger partial charge in [-0.1, -0.05) is 18.2 Å². The van der Waals surface area contributed by atoms with Crippen LogP contribution in [0.1, 0.15) is 17.2 Å². The zero-order valence-electron chi connectivity index (χ0n) is 16.8. The van der Waals surface area contributed by atoms with Crippen LogP contribution in [-0.2, 0) is 11.3 Å².